The molecule has 0 saturated carbocycles. The lowest BCUT2D eigenvalue weighted by atomic mass is 9.94. The number of hydrogen-bond donors (Lipinski definition) is 3. The maximum absolute atomic E-state index is 14.1. The van der Waals surface area contributed by atoms with Crippen molar-refractivity contribution in [1.82, 2.24) is 10.2 Å². The van der Waals surface area contributed by atoms with Gasteiger partial charge in [-0.1, -0.05) is 56.2 Å². The Balaban J connectivity index is 2.58. The van der Waals surface area contributed by atoms with Gasteiger partial charge in [0, 0.05) is 18.0 Å². The number of rotatable bonds is 11. The van der Waals surface area contributed by atoms with E-state index in [9.17, 15) is 14.4 Å². The van der Waals surface area contributed by atoms with E-state index in [1.165, 1.54) is 0 Å². The van der Waals surface area contributed by atoms with Gasteiger partial charge in [0.2, 0.25) is 5.91 Å². The van der Waals surface area contributed by atoms with Crippen LogP contribution in [0.5, 0.6) is 0 Å². The second kappa shape index (κ2) is 14.4. The fourth-order valence-corrected chi connectivity index (χ4v) is 4.71. The molecule has 0 saturated heterocycles. The van der Waals surface area contributed by atoms with E-state index in [1.807, 2.05) is 64.1 Å². The van der Waals surface area contributed by atoms with E-state index in [1.54, 1.807) is 25.7 Å². The largest absolute Gasteiger partial charge is 0.444 e. The van der Waals surface area contributed by atoms with Crippen LogP contribution >= 0.6 is 12.6 Å². The molecule has 2 aromatic carbocycles. The van der Waals surface area contributed by atoms with Gasteiger partial charge in [-0.2, -0.15) is 12.6 Å². The standard InChI is InChI=1S/C31H45N3O4S/c1-9-10-11-18-34(29(36)25(19-39)32-30(37)38-31(6,7)8)27(24-17-13-14-20(2)23(24)5)28(35)33-26-21(3)15-12-16-22(26)4/h12-17,25,27,39H,9-11,18-19H2,1-8H3,(H,32,37)(H,33,35). The highest BCUT2D eigenvalue weighted by Gasteiger charge is 2.36. The highest BCUT2D eigenvalue weighted by atomic mass is 32.1. The van der Waals surface area contributed by atoms with Crippen LogP contribution in [-0.4, -0.2) is 46.7 Å². The molecular weight excluding hydrogens is 510 g/mol. The van der Waals surface area contributed by atoms with Crippen molar-refractivity contribution in [2.24, 2.45) is 0 Å². The number of nitrogens with one attached hydrogen (secondary N) is 2. The number of anilines is 1. The number of hydrogen-bond acceptors (Lipinski definition) is 5. The van der Waals surface area contributed by atoms with Gasteiger partial charge >= 0.3 is 6.09 Å². The van der Waals surface area contributed by atoms with Gasteiger partial charge in [0.1, 0.15) is 17.7 Å². The summed E-state index contributed by atoms with van der Waals surface area (Å²) in [7, 11) is 0. The van der Waals surface area contributed by atoms with Crippen molar-refractivity contribution in [2.75, 3.05) is 17.6 Å². The summed E-state index contributed by atoms with van der Waals surface area (Å²) in [6, 6.07) is 9.76. The lowest BCUT2D eigenvalue weighted by molar-refractivity contribution is -0.140. The Morgan fingerprint density at radius 2 is 1.54 bits per heavy atom. The van der Waals surface area contributed by atoms with E-state index in [0.29, 0.717) is 13.0 Å². The number of nitrogens with zero attached hydrogens (tertiary/aromatic N) is 1. The van der Waals surface area contributed by atoms with Crippen LogP contribution in [0, 0.1) is 27.7 Å². The van der Waals surface area contributed by atoms with Gasteiger partial charge < -0.3 is 20.3 Å². The summed E-state index contributed by atoms with van der Waals surface area (Å²) in [6.45, 7) is 15.6. The molecule has 2 atom stereocenters. The Kier molecular flexibility index (Phi) is 11.9. The van der Waals surface area contributed by atoms with E-state index in [2.05, 4.69) is 30.2 Å². The van der Waals surface area contributed by atoms with Crippen molar-refractivity contribution in [3.63, 3.8) is 0 Å². The van der Waals surface area contributed by atoms with Crippen molar-refractivity contribution >= 4 is 36.2 Å². The smallest absolute Gasteiger partial charge is 0.408 e. The maximum Gasteiger partial charge on any atom is 0.408 e. The molecule has 2 aromatic rings. The molecule has 2 N–H and O–H groups in total. The maximum atomic E-state index is 14.1. The van der Waals surface area contributed by atoms with E-state index >= 15 is 0 Å². The molecule has 39 heavy (non-hydrogen) atoms. The van der Waals surface area contributed by atoms with E-state index < -0.39 is 23.8 Å². The first-order valence-corrected chi connectivity index (χ1v) is 14.3. The average molecular weight is 556 g/mol. The number of carbonyl (C=O) groups excluding carboxylic acids is 3. The predicted molar refractivity (Wildman–Crippen MR) is 161 cm³/mol. The van der Waals surface area contributed by atoms with Crippen LogP contribution in [0.2, 0.25) is 0 Å². The first-order chi connectivity index (χ1) is 18.3. The lowest BCUT2D eigenvalue weighted by Crippen LogP contribution is -2.53. The third kappa shape index (κ3) is 9.02. The number of para-hydroxylation sites is 1. The van der Waals surface area contributed by atoms with Gasteiger partial charge in [-0.3, -0.25) is 9.59 Å². The molecule has 0 fully saturated rings. The Morgan fingerprint density at radius 3 is 2.10 bits per heavy atom. The second-order valence-electron chi connectivity index (χ2n) is 11.1. The molecular formula is C31H45N3O4S. The molecule has 0 aliphatic heterocycles. The highest BCUT2D eigenvalue weighted by Crippen LogP contribution is 2.30. The number of carbonyl (C=O) groups is 3. The van der Waals surface area contributed by atoms with Gasteiger partial charge in [0.15, 0.2) is 0 Å². The van der Waals surface area contributed by atoms with Crippen LogP contribution in [0.15, 0.2) is 36.4 Å². The number of amides is 3. The van der Waals surface area contributed by atoms with Crippen molar-refractivity contribution in [3.05, 3.63) is 64.2 Å². The highest BCUT2D eigenvalue weighted by molar-refractivity contribution is 7.80. The van der Waals surface area contributed by atoms with Crippen LogP contribution in [0.25, 0.3) is 0 Å². The average Bonchev–Trinajstić information content (AvgIpc) is 2.85. The molecule has 0 aromatic heterocycles. The molecule has 0 heterocycles. The fraction of sp³-hybridized carbons (Fsp3) is 0.516. The molecule has 2 rings (SSSR count). The van der Waals surface area contributed by atoms with E-state index in [-0.39, 0.29) is 17.6 Å². The molecule has 0 aliphatic carbocycles. The molecule has 7 nitrogen and oxygen atoms in total. The molecule has 0 bridgehead atoms. The van der Waals surface area contributed by atoms with Crippen molar-refractivity contribution in [1.29, 1.82) is 0 Å². The number of ether oxygens (including phenoxy) is 1. The third-order valence-electron chi connectivity index (χ3n) is 6.69. The van der Waals surface area contributed by atoms with Gasteiger partial charge in [-0.05, 0) is 82.7 Å². The van der Waals surface area contributed by atoms with Crippen LogP contribution in [0.1, 0.15) is 80.8 Å². The molecule has 0 aliphatic rings. The quantitative estimate of drug-likeness (QED) is 0.220. The SMILES string of the molecule is CCCCCN(C(=O)C(CS)NC(=O)OC(C)(C)C)C(C(=O)Nc1c(C)cccc1C)c1cccc(C)c1C. The van der Waals surface area contributed by atoms with Gasteiger partial charge in [0.05, 0.1) is 0 Å². The lowest BCUT2D eigenvalue weighted by Gasteiger charge is -2.35. The van der Waals surface area contributed by atoms with E-state index in [4.69, 9.17) is 4.74 Å². The normalized spacial score (nSPS) is 12.8. The van der Waals surface area contributed by atoms with Crippen molar-refractivity contribution in [3.8, 4) is 0 Å². The topological polar surface area (TPSA) is 87.7 Å². The minimum atomic E-state index is -0.967. The zero-order chi connectivity index (χ0) is 29.3. The molecule has 0 radical (unpaired) electrons. The zero-order valence-corrected chi connectivity index (χ0v) is 25.6. The van der Waals surface area contributed by atoms with Crippen LogP contribution in [0.3, 0.4) is 0 Å². The van der Waals surface area contributed by atoms with Crippen LogP contribution in [-0.2, 0) is 14.3 Å². The number of unbranched alkanes of at least 4 members (excludes halogenated alkanes) is 2. The monoisotopic (exact) mass is 555 g/mol. The first kappa shape index (κ1) is 32.2. The zero-order valence-electron chi connectivity index (χ0n) is 24.7. The molecule has 8 heteroatoms. The summed E-state index contributed by atoms with van der Waals surface area (Å²) in [5.41, 5.74) is 4.60. The summed E-state index contributed by atoms with van der Waals surface area (Å²) in [5, 5.41) is 5.79. The number of benzene rings is 2. The summed E-state index contributed by atoms with van der Waals surface area (Å²) in [4.78, 5) is 42.4. The summed E-state index contributed by atoms with van der Waals surface area (Å²) in [5.74, 6) is -0.629. The number of alkyl carbamates (subject to hydrolysis) is 1. The Hall–Kier alpha value is -3.00. The molecule has 0 spiro atoms. The minimum Gasteiger partial charge on any atom is -0.444 e. The predicted octanol–water partition coefficient (Wildman–Crippen LogP) is 6.44. The first-order valence-electron chi connectivity index (χ1n) is 13.6. The summed E-state index contributed by atoms with van der Waals surface area (Å²) in [6.07, 6.45) is 1.86. The fourth-order valence-electron chi connectivity index (χ4n) is 4.46. The summed E-state index contributed by atoms with van der Waals surface area (Å²) < 4.78 is 5.40. The van der Waals surface area contributed by atoms with Crippen molar-refractivity contribution < 1.29 is 19.1 Å². The Labute approximate surface area is 239 Å². The number of aryl methyl sites for hydroxylation is 3. The van der Waals surface area contributed by atoms with Crippen molar-refractivity contribution in [2.45, 2.75) is 92.3 Å². The van der Waals surface area contributed by atoms with Crippen LogP contribution < -0.4 is 10.6 Å². The molecule has 2 unspecified atom stereocenters. The number of thiol groups is 1. The van der Waals surface area contributed by atoms with Gasteiger partial charge in [0.25, 0.3) is 5.91 Å². The minimum absolute atomic E-state index is 0.0559. The second-order valence-corrected chi connectivity index (χ2v) is 11.4. The molecule has 214 valence electrons. The van der Waals surface area contributed by atoms with E-state index in [0.717, 1.165) is 46.3 Å². The van der Waals surface area contributed by atoms with Gasteiger partial charge in [-0.15, -0.1) is 0 Å². The Morgan fingerprint density at radius 1 is 0.949 bits per heavy atom. The van der Waals surface area contributed by atoms with Gasteiger partial charge in [-0.25, -0.2) is 4.79 Å². The summed E-state index contributed by atoms with van der Waals surface area (Å²) >= 11 is 4.38. The molecule has 3 amide bonds. The Bertz CT molecular complexity index is 1140. The van der Waals surface area contributed by atoms with Crippen LogP contribution in [0.4, 0.5) is 10.5 Å². The third-order valence-corrected chi connectivity index (χ3v) is 7.05.